The number of nitrogens with zero attached hydrogens (tertiary/aromatic N) is 2. The second-order valence-corrected chi connectivity index (χ2v) is 4.44. The topological polar surface area (TPSA) is 68.1 Å². The van der Waals surface area contributed by atoms with Gasteiger partial charge in [-0.25, -0.2) is 4.98 Å². The van der Waals surface area contributed by atoms with Gasteiger partial charge in [0, 0.05) is 17.3 Å². The number of aromatic nitrogens is 1. The van der Waals surface area contributed by atoms with Crippen molar-refractivity contribution in [2.24, 2.45) is 0 Å². The van der Waals surface area contributed by atoms with Crippen molar-refractivity contribution in [1.82, 2.24) is 4.98 Å². The molecule has 0 aliphatic rings. The number of rotatable bonds is 4. The minimum absolute atomic E-state index is 0.0205. The molecule has 1 aromatic rings. The van der Waals surface area contributed by atoms with Gasteiger partial charge in [-0.3, -0.25) is 10.1 Å². The van der Waals surface area contributed by atoms with Crippen LogP contribution in [0.15, 0.2) is 12.1 Å². The molecule has 0 atom stereocenters. The third kappa shape index (κ3) is 2.92. The van der Waals surface area contributed by atoms with Crippen LogP contribution in [0.3, 0.4) is 0 Å². The summed E-state index contributed by atoms with van der Waals surface area (Å²) in [6.07, 6.45) is 0.861. The number of pyridine rings is 1. The van der Waals surface area contributed by atoms with Gasteiger partial charge in [-0.15, -0.1) is 0 Å². The van der Waals surface area contributed by atoms with Crippen molar-refractivity contribution in [1.29, 1.82) is 0 Å². The Morgan fingerprint density at radius 1 is 1.50 bits per heavy atom. The molecule has 88 valence electrons. The fraction of sp³-hybridized carbons (Fsp3) is 0.545. The van der Waals surface area contributed by atoms with E-state index in [1.54, 1.807) is 6.07 Å². The number of nitro groups is 1. The van der Waals surface area contributed by atoms with Crippen LogP contribution in [0.5, 0.6) is 0 Å². The highest BCUT2D eigenvalue weighted by atomic mass is 16.6. The van der Waals surface area contributed by atoms with Gasteiger partial charge in [0.1, 0.15) is 0 Å². The molecule has 5 heteroatoms. The minimum atomic E-state index is -0.416. The number of hydrogen-bond acceptors (Lipinski definition) is 4. The molecule has 1 rings (SSSR count). The summed E-state index contributed by atoms with van der Waals surface area (Å²) in [5.74, 6) is 0.344. The smallest absolute Gasteiger partial charge is 0.311 e. The molecule has 1 N–H and O–H groups in total. The third-order valence-electron chi connectivity index (χ3n) is 2.55. The summed E-state index contributed by atoms with van der Waals surface area (Å²) < 4.78 is 0. The van der Waals surface area contributed by atoms with Crippen molar-refractivity contribution in [3.05, 3.63) is 27.9 Å². The Morgan fingerprint density at radius 3 is 2.62 bits per heavy atom. The van der Waals surface area contributed by atoms with E-state index in [0.29, 0.717) is 5.82 Å². The van der Waals surface area contributed by atoms with Crippen LogP contribution in [0.1, 0.15) is 32.9 Å². The van der Waals surface area contributed by atoms with Gasteiger partial charge in [0.2, 0.25) is 5.82 Å². The fourth-order valence-corrected chi connectivity index (χ4v) is 1.20. The quantitative estimate of drug-likeness (QED) is 0.629. The van der Waals surface area contributed by atoms with Crippen LogP contribution in [0.25, 0.3) is 0 Å². The van der Waals surface area contributed by atoms with Crippen molar-refractivity contribution in [3.63, 3.8) is 0 Å². The van der Waals surface area contributed by atoms with Gasteiger partial charge in [-0.05, 0) is 33.3 Å². The Labute approximate surface area is 95.0 Å². The van der Waals surface area contributed by atoms with Crippen LogP contribution in [0, 0.1) is 17.0 Å². The zero-order valence-corrected chi connectivity index (χ0v) is 10.1. The second kappa shape index (κ2) is 4.47. The van der Waals surface area contributed by atoms with E-state index in [2.05, 4.69) is 10.3 Å². The van der Waals surface area contributed by atoms with E-state index < -0.39 is 4.92 Å². The summed E-state index contributed by atoms with van der Waals surface area (Å²) in [6.45, 7) is 7.81. The molecule has 0 saturated carbocycles. The maximum atomic E-state index is 10.8. The second-order valence-electron chi connectivity index (χ2n) is 4.44. The Bertz CT molecular complexity index is 402. The van der Waals surface area contributed by atoms with E-state index in [0.717, 1.165) is 12.1 Å². The van der Waals surface area contributed by atoms with E-state index in [-0.39, 0.29) is 11.2 Å². The molecule has 0 bridgehead atoms. The SMILES string of the molecule is CCC(C)(C)Nc1nc(C)ccc1[N+](=O)[O-]. The first-order chi connectivity index (χ1) is 7.35. The van der Waals surface area contributed by atoms with E-state index in [9.17, 15) is 10.1 Å². The van der Waals surface area contributed by atoms with Crippen LogP contribution in [-0.2, 0) is 0 Å². The highest BCUT2D eigenvalue weighted by Gasteiger charge is 2.22. The number of aryl methyl sites for hydroxylation is 1. The van der Waals surface area contributed by atoms with Crippen molar-refractivity contribution in [2.45, 2.75) is 39.7 Å². The zero-order valence-electron chi connectivity index (χ0n) is 10.1. The van der Waals surface area contributed by atoms with Crippen molar-refractivity contribution >= 4 is 11.5 Å². The first kappa shape index (κ1) is 12.4. The summed E-state index contributed by atoms with van der Waals surface area (Å²) in [7, 11) is 0. The highest BCUT2D eigenvalue weighted by molar-refractivity contribution is 5.57. The van der Waals surface area contributed by atoms with Crippen molar-refractivity contribution in [3.8, 4) is 0 Å². The molecule has 0 saturated heterocycles. The van der Waals surface area contributed by atoms with Gasteiger partial charge in [0.15, 0.2) is 0 Å². The summed E-state index contributed by atoms with van der Waals surface area (Å²) in [6, 6.07) is 3.12. The van der Waals surface area contributed by atoms with Gasteiger partial charge in [-0.1, -0.05) is 6.92 Å². The largest absolute Gasteiger partial charge is 0.359 e. The Hall–Kier alpha value is -1.65. The number of anilines is 1. The van der Waals surface area contributed by atoms with Gasteiger partial charge < -0.3 is 5.32 Å². The molecule has 0 unspecified atom stereocenters. The van der Waals surface area contributed by atoms with Crippen LogP contribution < -0.4 is 5.32 Å². The average Bonchev–Trinajstić information content (AvgIpc) is 2.16. The van der Waals surface area contributed by atoms with Crippen molar-refractivity contribution in [2.75, 3.05) is 5.32 Å². The lowest BCUT2D eigenvalue weighted by molar-refractivity contribution is -0.384. The molecule has 1 heterocycles. The Kier molecular flexibility index (Phi) is 3.47. The van der Waals surface area contributed by atoms with Crippen LogP contribution in [-0.4, -0.2) is 15.4 Å². The zero-order chi connectivity index (χ0) is 12.3. The third-order valence-corrected chi connectivity index (χ3v) is 2.55. The maximum absolute atomic E-state index is 10.8. The van der Waals surface area contributed by atoms with Gasteiger partial charge >= 0.3 is 5.69 Å². The molecular formula is C11H17N3O2. The van der Waals surface area contributed by atoms with Gasteiger partial charge in [0.25, 0.3) is 0 Å². The van der Waals surface area contributed by atoms with Crippen LogP contribution in [0.4, 0.5) is 11.5 Å². The lowest BCUT2D eigenvalue weighted by Gasteiger charge is -2.24. The van der Waals surface area contributed by atoms with E-state index >= 15 is 0 Å². The molecule has 16 heavy (non-hydrogen) atoms. The molecule has 0 amide bonds. The summed E-state index contributed by atoms with van der Waals surface area (Å²) in [5.41, 5.74) is 0.582. The molecular weight excluding hydrogens is 206 g/mol. The van der Waals surface area contributed by atoms with E-state index in [1.807, 2.05) is 27.7 Å². The average molecular weight is 223 g/mol. The van der Waals surface area contributed by atoms with E-state index in [4.69, 9.17) is 0 Å². The molecule has 0 aromatic carbocycles. The van der Waals surface area contributed by atoms with Crippen LogP contribution >= 0.6 is 0 Å². The molecule has 5 nitrogen and oxygen atoms in total. The lowest BCUT2D eigenvalue weighted by atomic mass is 10.0. The number of hydrogen-bond donors (Lipinski definition) is 1. The molecule has 0 spiro atoms. The van der Waals surface area contributed by atoms with Crippen LogP contribution in [0.2, 0.25) is 0 Å². The lowest BCUT2D eigenvalue weighted by Crippen LogP contribution is -2.30. The molecule has 0 aliphatic carbocycles. The Balaban J connectivity index is 3.10. The summed E-state index contributed by atoms with van der Waals surface area (Å²) >= 11 is 0. The van der Waals surface area contributed by atoms with E-state index in [1.165, 1.54) is 6.07 Å². The molecule has 1 aromatic heterocycles. The predicted octanol–water partition coefficient (Wildman–Crippen LogP) is 2.90. The van der Waals surface area contributed by atoms with Gasteiger partial charge in [-0.2, -0.15) is 0 Å². The molecule has 0 fully saturated rings. The monoisotopic (exact) mass is 223 g/mol. The maximum Gasteiger partial charge on any atom is 0.311 e. The molecule has 0 radical (unpaired) electrons. The first-order valence-corrected chi connectivity index (χ1v) is 5.26. The fourth-order valence-electron chi connectivity index (χ4n) is 1.20. The van der Waals surface area contributed by atoms with Crippen molar-refractivity contribution < 1.29 is 4.92 Å². The standard InChI is InChI=1S/C11H17N3O2/c1-5-11(3,4)13-10-9(14(15)16)7-6-8(2)12-10/h6-7H,5H2,1-4H3,(H,12,13). The Morgan fingerprint density at radius 2 is 2.12 bits per heavy atom. The highest BCUT2D eigenvalue weighted by Crippen LogP contribution is 2.26. The minimum Gasteiger partial charge on any atom is -0.359 e. The molecule has 0 aliphatic heterocycles. The first-order valence-electron chi connectivity index (χ1n) is 5.26. The number of nitrogens with one attached hydrogen (secondary N) is 1. The van der Waals surface area contributed by atoms with Gasteiger partial charge in [0.05, 0.1) is 4.92 Å². The predicted molar refractivity (Wildman–Crippen MR) is 63.6 cm³/mol. The summed E-state index contributed by atoms with van der Waals surface area (Å²) in [4.78, 5) is 14.6. The summed E-state index contributed by atoms with van der Waals surface area (Å²) in [5, 5.41) is 13.9. The normalized spacial score (nSPS) is 11.2.